The summed E-state index contributed by atoms with van der Waals surface area (Å²) in [7, 11) is 0. The lowest BCUT2D eigenvalue weighted by Crippen LogP contribution is -2.49. The van der Waals surface area contributed by atoms with E-state index in [4.69, 9.17) is 0 Å². The van der Waals surface area contributed by atoms with Gasteiger partial charge in [0.1, 0.15) is 6.67 Å². The van der Waals surface area contributed by atoms with E-state index in [9.17, 15) is 4.39 Å². The van der Waals surface area contributed by atoms with Gasteiger partial charge in [-0.3, -0.25) is 0 Å². The van der Waals surface area contributed by atoms with Crippen LogP contribution in [0.3, 0.4) is 0 Å². The number of rotatable bonds is 1. The Morgan fingerprint density at radius 3 is 2.75 bits per heavy atom. The van der Waals surface area contributed by atoms with Crippen molar-refractivity contribution in [2.45, 2.75) is 6.04 Å². The van der Waals surface area contributed by atoms with Crippen molar-refractivity contribution in [2.24, 2.45) is 0 Å². The highest BCUT2D eigenvalue weighted by molar-refractivity contribution is 4.73. The Balaban J connectivity index is 2.13. The lowest BCUT2D eigenvalue weighted by atomic mass is 10.3. The van der Waals surface area contributed by atoms with E-state index >= 15 is 0 Å². The Labute approximate surface area is 48.5 Å². The molecule has 1 heterocycles. The van der Waals surface area contributed by atoms with Crippen molar-refractivity contribution in [2.75, 3.05) is 26.3 Å². The maximum Gasteiger partial charge on any atom is 0.106 e. The first-order chi connectivity index (χ1) is 3.93. The summed E-state index contributed by atoms with van der Waals surface area (Å²) >= 11 is 0. The van der Waals surface area contributed by atoms with Crippen molar-refractivity contribution in [3.8, 4) is 0 Å². The second-order valence-electron chi connectivity index (χ2n) is 2.01. The van der Waals surface area contributed by atoms with Crippen LogP contribution in [0.1, 0.15) is 0 Å². The first-order valence-corrected chi connectivity index (χ1v) is 2.93. The van der Waals surface area contributed by atoms with E-state index in [0.29, 0.717) is 0 Å². The van der Waals surface area contributed by atoms with Crippen LogP contribution < -0.4 is 10.6 Å². The van der Waals surface area contributed by atoms with Gasteiger partial charge < -0.3 is 10.6 Å². The molecular formula is C5H11FN2. The number of piperazine rings is 1. The fraction of sp³-hybridized carbons (Fsp3) is 1.00. The van der Waals surface area contributed by atoms with Crippen LogP contribution in [0.25, 0.3) is 0 Å². The van der Waals surface area contributed by atoms with Gasteiger partial charge in [-0.2, -0.15) is 0 Å². The smallest absolute Gasteiger partial charge is 0.106 e. The molecular weight excluding hydrogens is 107 g/mol. The Hall–Kier alpha value is -0.150. The average molecular weight is 118 g/mol. The molecule has 0 aromatic rings. The van der Waals surface area contributed by atoms with Gasteiger partial charge in [-0.1, -0.05) is 0 Å². The van der Waals surface area contributed by atoms with Gasteiger partial charge in [0.05, 0.1) is 0 Å². The third-order valence-electron chi connectivity index (χ3n) is 1.31. The third kappa shape index (κ3) is 1.42. The number of nitrogens with one attached hydrogen (secondary N) is 2. The van der Waals surface area contributed by atoms with Crippen LogP contribution in [0.15, 0.2) is 0 Å². The minimum absolute atomic E-state index is 0.0590. The molecule has 0 aromatic heterocycles. The summed E-state index contributed by atoms with van der Waals surface area (Å²) in [5.41, 5.74) is 0. The Morgan fingerprint density at radius 2 is 2.38 bits per heavy atom. The molecule has 0 spiro atoms. The highest BCUT2D eigenvalue weighted by atomic mass is 19.1. The monoisotopic (exact) mass is 118 g/mol. The lowest BCUT2D eigenvalue weighted by molar-refractivity contribution is 0.333. The quantitative estimate of drug-likeness (QED) is 0.486. The normalized spacial score (nSPS) is 30.4. The number of hydrogen-bond acceptors (Lipinski definition) is 2. The molecule has 0 unspecified atom stereocenters. The van der Waals surface area contributed by atoms with Crippen molar-refractivity contribution < 1.29 is 4.39 Å². The number of hydrogen-bond donors (Lipinski definition) is 2. The van der Waals surface area contributed by atoms with E-state index in [1.165, 1.54) is 0 Å². The number of alkyl halides is 1. The molecule has 0 aliphatic carbocycles. The fourth-order valence-corrected chi connectivity index (χ4v) is 0.822. The second kappa shape index (κ2) is 2.99. The van der Waals surface area contributed by atoms with Crippen molar-refractivity contribution in [1.29, 1.82) is 0 Å². The zero-order chi connectivity index (χ0) is 5.82. The maximum absolute atomic E-state index is 11.8. The predicted molar refractivity (Wildman–Crippen MR) is 30.6 cm³/mol. The molecule has 2 nitrogen and oxygen atoms in total. The molecule has 0 bridgehead atoms. The van der Waals surface area contributed by atoms with E-state index in [-0.39, 0.29) is 12.7 Å². The molecule has 8 heavy (non-hydrogen) atoms. The number of halogens is 1. The molecule has 1 aliphatic heterocycles. The van der Waals surface area contributed by atoms with Crippen LogP contribution in [0, 0.1) is 0 Å². The van der Waals surface area contributed by atoms with E-state index < -0.39 is 0 Å². The Bertz CT molecular complexity index is 61.4. The highest BCUT2D eigenvalue weighted by Gasteiger charge is 2.09. The molecule has 0 saturated carbocycles. The molecule has 2 N–H and O–H groups in total. The van der Waals surface area contributed by atoms with Gasteiger partial charge in [-0.05, 0) is 0 Å². The summed E-state index contributed by atoms with van der Waals surface area (Å²) < 4.78 is 11.8. The van der Waals surface area contributed by atoms with Gasteiger partial charge in [0, 0.05) is 25.7 Å². The summed E-state index contributed by atoms with van der Waals surface area (Å²) in [6, 6.07) is 0.0590. The zero-order valence-electron chi connectivity index (χ0n) is 4.78. The SMILES string of the molecule is FC[C@H]1CNCCN1. The van der Waals surface area contributed by atoms with Gasteiger partial charge in [-0.25, -0.2) is 4.39 Å². The second-order valence-corrected chi connectivity index (χ2v) is 2.01. The summed E-state index contributed by atoms with van der Waals surface area (Å²) in [6.07, 6.45) is 0. The molecule has 0 amide bonds. The predicted octanol–water partition coefficient (Wildman–Crippen LogP) is -0.483. The van der Waals surface area contributed by atoms with Gasteiger partial charge in [0.25, 0.3) is 0 Å². The van der Waals surface area contributed by atoms with E-state index in [1.807, 2.05) is 0 Å². The third-order valence-corrected chi connectivity index (χ3v) is 1.31. The fourth-order valence-electron chi connectivity index (χ4n) is 0.822. The van der Waals surface area contributed by atoms with Crippen molar-refractivity contribution >= 4 is 0 Å². The molecule has 1 rings (SSSR count). The van der Waals surface area contributed by atoms with E-state index in [1.54, 1.807) is 0 Å². The average Bonchev–Trinajstić information content (AvgIpc) is 1.90. The van der Waals surface area contributed by atoms with Crippen LogP contribution >= 0.6 is 0 Å². The van der Waals surface area contributed by atoms with Gasteiger partial charge in [-0.15, -0.1) is 0 Å². The van der Waals surface area contributed by atoms with Crippen molar-refractivity contribution in [1.82, 2.24) is 10.6 Å². The zero-order valence-corrected chi connectivity index (χ0v) is 4.78. The lowest BCUT2D eigenvalue weighted by Gasteiger charge is -2.21. The first-order valence-electron chi connectivity index (χ1n) is 2.93. The molecule has 1 atom stereocenters. The van der Waals surface area contributed by atoms with Crippen LogP contribution in [-0.4, -0.2) is 32.4 Å². The molecule has 0 aromatic carbocycles. The maximum atomic E-state index is 11.8. The highest BCUT2D eigenvalue weighted by Crippen LogP contribution is 1.85. The van der Waals surface area contributed by atoms with E-state index in [2.05, 4.69) is 10.6 Å². The van der Waals surface area contributed by atoms with Crippen molar-refractivity contribution in [3.05, 3.63) is 0 Å². The minimum atomic E-state index is -0.257. The van der Waals surface area contributed by atoms with Crippen LogP contribution in [-0.2, 0) is 0 Å². The Kier molecular flexibility index (Phi) is 2.24. The molecule has 1 fully saturated rings. The van der Waals surface area contributed by atoms with Crippen LogP contribution in [0.5, 0.6) is 0 Å². The van der Waals surface area contributed by atoms with Crippen molar-refractivity contribution in [3.63, 3.8) is 0 Å². The summed E-state index contributed by atoms with van der Waals surface area (Å²) in [4.78, 5) is 0. The molecule has 3 heteroatoms. The standard InChI is InChI=1S/C5H11FN2/c6-3-5-4-7-1-2-8-5/h5,7-8H,1-4H2/t5-/m0/s1. The summed E-state index contributed by atoms with van der Waals surface area (Å²) in [5.74, 6) is 0. The minimum Gasteiger partial charge on any atom is -0.314 e. The van der Waals surface area contributed by atoms with E-state index in [0.717, 1.165) is 19.6 Å². The first kappa shape index (κ1) is 5.98. The molecule has 48 valence electrons. The molecule has 1 aliphatic rings. The van der Waals surface area contributed by atoms with Crippen LogP contribution in [0.4, 0.5) is 4.39 Å². The molecule has 0 radical (unpaired) electrons. The van der Waals surface area contributed by atoms with Gasteiger partial charge in [0.2, 0.25) is 0 Å². The topological polar surface area (TPSA) is 24.1 Å². The summed E-state index contributed by atoms with van der Waals surface area (Å²) in [6.45, 7) is 2.38. The molecule has 1 saturated heterocycles. The Morgan fingerprint density at radius 1 is 1.50 bits per heavy atom. The summed E-state index contributed by atoms with van der Waals surface area (Å²) in [5, 5.41) is 6.11. The van der Waals surface area contributed by atoms with Crippen LogP contribution in [0.2, 0.25) is 0 Å². The van der Waals surface area contributed by atoms with Gasteiger partial charge >= 0.3 is 0 Å². The largest absolute Gasteiger partial charge is 0.314 e. The van der Waals surface area contributed by atoms with Gasteiger partial charge in [0.15, 0.2) is 0 Å².